The molecule has 7 heteroatoms. The van der Waals surface area contributed by atoms with Crippen LogP contribution in [-0.2, 0) is 0 Å². The Bertz CT molecular complexity index is 672. The first kappa shape index (κ1) is 18.6. The summed E-state index contributed by atoms with van der Waals surface area (Å²) in [5.74, 6) is -0.968. The summed E-state index contributed by atoms with van der Waals surface area (Å²) in [6.07, 6.45) is 0. The normalized spacial score (nSPS) is 16.9. The van der Waals surface area contributed by atoms with Gasteiger partial charge in [0.25, 0.3) is 0 Å². The number of hydrogen-bond donors (Lipinski definition) is 1. The summed E-state index contributed by atoms with van der Waals surface area (Å²) in [5, 5.41) is 3.27. The van der Waals surface area contributed by atoms with E-state index in [1.165, 1.54) is 23.5 Å². The molecule has 0 amide bonds. The summed E-state index contributed by atoms with van der Waals surface area (Å²) in [7, 11) is 0. The van der Waals surface area contributed by atoms with E-state index in [4.69, 9.17) is 11.6 Å². The Morgan fingerprint density at radius 3 is 2.48 bits per heavy atom. The van der Waals surface area contributed by atoms with Gasteiger partial charge in [0.15, 0.2) is 0 Å². The minimum Gasteiger partial charge on any atom is -0.314 e. The van der Waals surface area contributed by atoms with Crippen molar-refractivity contribution in [3.05, 3.63) is 56.2 Å². The van der Waals surface area contributed by atoms with Crippen LogP contribution in [-0.4, -0.2) is 31.1 Å². The number of rotatable bonds is 3. The number of nitrogens with zero attached hydrogens (tertiary/aromatic N) is 1. The molecule has 1 aromatic carbocycles. The Morgan fingerprint density at radius 1 is 1.17 bits per heavy atom. The molecule has 1 aliphatic heterocycles. The monoisotopic (exact) mass is 378 g/mol. The van der Waals surface area contributed by atoms with Gasteiger partial charge in [-0.25, -0.2) is 8.78 Å². The van der Waals surface area contributed by atoms with Crippen LogP contribution in [0.15, 0.2) is 24.3 Å². The number of nitrogens with one attached hydrogen (secondary N) is 1. The van der Waals surface area contributed by atoms with Crippen molar-refractivity contribution in [2.45, 2.75) is 13.0 Å². The van der Waals surface area contributed by atoms with Crippen molar-refractivity contribution >= 4 is 35.3 Å². The lowest BCUT2D eigenvalue weighted by Gasteiger charge is -2.35. The number of hydrogen-bond acceptors (Lipinski definition) is 3. The summed E-state index contributed by atoms with van der Waals surface area (Å²) >= 11 is 7.42. The molecule has 2 aromatic rings. The van der Waals surface area contributed by atoms with Gasteiger partial charge in [-0.2, -0.15) is 0 Å². The molecule has 3 rings (SSSR count). The highest BCUT2D eigenvalue weighted by atomic mass is 35.5. The molecule has 126 valence electrons. The van der Waals surface area contributed by atoms with Crippen molar-refractivity contribution in [2.75, 3.05) is 26.2 Å². The number of halogens is 4. The molecular weight excluding hydrogens is 361 g/mol. The predicted molar refractivity (Wildman–Crippen MR) is 94.0 cm³/mol. The van der Waals surface area contributed by atoms with Gasteiger partial charge in [-0.3, -0.25) is 4.90 Å². The van der Waals surface area contributed by atoms with Gasteiger partial charge in [0, 0.05) is 36.6 Å². The van der Waals surface area contributed by atoms with Gasteiger partial charge >= 0.3 is 0 Å². The molecule has 0 saturated carbocycles. The fraction of sp³-hybridized carbons (Fsp3) is 0.375. The zero-order valence-corrected chi connectivity index (χ0v) is 15.0. The molecule has 1 N–H and O–H groups in total. The van der Waals surface area contributed by atoms with Crippen LogP contribution in [0.5, 0.6) is 0 Å². The van der Waals surface area contributed by atoms with E-state index in [0.29, 0.717) is 9.90 Å². The average Bonchev–Trinajstić information content (AvgIpc) is 2.94. The van der Waals surface area contributed by atoms with Crippen LogP contribution in [0, 0.1) is 18.6 Å². The predicted octanol–water partition coefficient (Wildman–Crippen LogP) is 4.40. The lowest BCUT2D eigenvalue weighted by Crippen LogP contribution is -2.45. The van der Waals surface area contributed by atoms with Gasteiger partial charge < -0.3 is 5.32 Å². The summed E-state index contributed by atoms with van der Waals surface area (Å²) in [5.41, 5.74) is 0.583. The highest BCUT2D eigenvalue weighted by Gasteiger charge is 2.30. The average molecular weight is 379 g/mol. The highest BCUT2D eigenvalue weighted by Crippen LogP contribution is 2.38. The summed E-state index contributed by atoms with van der Waals surface area (Å²) in [6.45, 7) is 4.77. The van der Waals surface area contributed by atoms with Crippen molar-refractivity contribution in [1.82, 2.24) is 10.2 Å². The molecule has 1 atom stereocenters. The zero-order chi connectivity index (χ0) is 15.7. The van der Waals surface area contributed by atoms with Gasteiger partial charge in [-0.05, 0) is 30.7 Å². The van der Waals surface area contributed by atoms with Crippen LogP contribution in [0.4, 0.5) is 8.78 Å². The van der Waals surface area contributed by atoms with Crippen LogP contribution in [0.1, 0.15) is 22.0 Å². The lowest BCUT2D eigenvalue weighted by molar-refractivity contribution is 0.194. The molecule has 0 unspecified atom stereocenters. The molecular formula is C16H18Cl2F2N2S. The van der Waals surface area contributed by atoms with E-state index < -0.39 is 17.7 Å². The molecule has 1 aliphatic rings. The first-order valence-electron chi connectivity index (χ1n) is 7.22. The molecule has 0 bridgehead atoms. The van der Waals surface area contributed by atoms with Crippen molar-refractivity contribution < 1.29 is 8.78 Å². The van der Waals surface area contributed by atoms with E-state index in [0.717, 1.165) is 31.1 Å². The standard InChI is InChI=1S/C16H17ClF2N2S.ClH/c1-10-2-3-11(18)14(15(10)19)16(12-4-5-13(17)22-12)21-8-6-20-7-9-21;/h2-5,16,20H,6-9H2,1H3;1H/t16-;/m1./s1. The van der Waals surface area contributed by atoms with Gasteiger partial charge in [0.2, 0.25) is 0 Å². The van der Waals surface area contributed by atoms with Gasteiger partial charge in [0.1, 0.15) is 11.6 Å². The molecule has 1 fully saturated rings. The van der Waals surface area contributed by atoms with Gasteiger partial charge in [-0.1, -0.05) is 17.7 Å². The molecule has 1 saturated heterocycles. The van der Waals surface area contributed by atoms with Crippen LogP contribution in [0.3, 0.4) is 0 Å². The molecule has 0 aliphatic carbocycles. The summed E-state index contributed by atoms with van der Waals surface area (Å²) in [4.78, 5) is 2.98. The van der Waals surface area contributed by atoms with E-state index in [1.807, 2.05) is 6.07 Å². The third-order valence-corrected chi connectivity index (χ3v) is 5.26. The van der Waals surface area contributed by atoms with E-state index in [2.05, 4.69) is 10.2 Å². The first-order valence-corrected chi connectivity index (χ1v) is 8.42. The molecule has 2 heterocycles. The zero-order valence-electron chi connectivity index (χ0n) is 12.6. The topological polar surface area (TPSA) is 15.3 Å². The maximum Gasteiger partial charge on any atom is 0.134 e. The SMILES string of the molecule is Cc1ccc(F)c([C@@H](c2ccc(Cl)s2)N2CCNCC2)c1F.Cl. The van der Waals surface area contributed by atoms with Crippen molar-refractivity contribution in [2.24, 2.45) is 0 Å². The Labute approximate surface area is 149 Å². The number of piperazine rings is 1. The van der Waals surface area contributed by atoms with Crippen molar-refractivity contribution in [3.8, 4) is 0 Å². The van der Waals surface area contributed by atoms with Crippen molar-refractivity contribution in [3.63, 3.8) is 0 Å². The molecule has 0 radical (unpaired) electrons. The van der Waals surface area contributed by atoms with Crippen LogP contribution < -0.4 is 5.32 Å². The van der Waals surface area contributed by atoms with E-state index >= 15 is 0 Å². The van der Waals surface area contributed by atoms with Crippen LogP contribution in [0.2, 0.25) is 4.34 Å². The fourth-order valence-corrected chi connectivity index (χ4v) is 4.06. The fourth-order valence-electron chi connectivity index (χ4n) is 2.85. The maximum atomic E-state index is 14.6. The van der Waals surface area contributed by atoms with Crippen LogP contribution >= 0.6 is 35.3 Å². The third-order valence-electron chi connectivity index (χ3n) is 3.97. The van der Waals surface area contributed by atoms with Crippen molar-refractivity contribution in [1.29, 1.82) is 0 Å². The Morgan fingerprint density at radius 2 is 1.87 bits per heavy atom. The highest BCUT2D eigenvalue weighted by molar-refractivity contribution is 7.16. The van der Waals surface area contributed by atoms with E-state index in [1.54, 1.807) is 13.0 Å². The Balaban J connectivity index is 0.00000192. The second kappa shape index (κ2) is 7.90. The number of aryl methyl sites for hydroxylation is 1. The molecule has 23 heavy (non-hydrogen) atoms. The molecule has 2 nitrogen and oxygen atoms in total. The summed E-state index contributed by atoms with van der Waals surface area (Å²) in [6, 6.07) is 6.03. The van der Waals surface area contributed by atoms with E-state index in [-0.39, 0.29) is 18.0 Å². The van der Waals surface area contributed by atoms with E-state index in [9.17, 15) is 8.78 Å². The minimum atomic E-state index is -0.504. The maximum absolute atomic E-state index is 14.6. The smallest absolute Gasteiger partial charge is 0.134 e. The molecule has 0 spiro atoms. The summed E-state index contributed by atoms with van der Waals surface area (Å²) < 4.78 is 29.7. The quantitative estimate of drug-likeness (QED) is 0.850. The largest absolute Gasteiger partial charge is 0.314 e. The second-order valence-electron chi connectivity index (χ2n) is 5.42. The second-order valence-corrected chi connectivity index (χ2v) is 7.17. The Kier molecular flexibility index (Phi) is 6.40. The minimum absolute atomic E-state index is 0. The molecule has 1 aromatic heterocycles. The van der Waals surface area contributed by atoms with Crippen LogP contribution in [0.25, 0.3) is 0 Å². The lowest BCUT2D eigenvalue weighted by atomic mass is 9.99. The van der Waals surface area contributed by atoms with Gasteiger partial charge in [0.05, 0.1) is 10.4 Å². The van der Waals surface area contributed by atoms with Gasteiger partial charge in [-0.15, -0.1) is 23.7 Å². The first-order chi connectivity index (χ1) is 10.6. The number of thiophene rings is 1. The Hall–Kier alpha value is -0.720. The number of benzene rings is 1. The third kappa shape index (κ3) is 3.86.